The van der Waals surface area contributed by atoms with E-state index in [4.69, 9.17) is 5.73 Å². The molecule has 9 heteroatoms. The third-order valence-electron chi connectivity index (χ3n) is 6.87. The number of nitrogens with two attached hydrogens (primary N) is 1. The summed E-state index contributed by atoms with van der Waals surface area (Å²) < 4.78 is 27.3. The lowest BCUT2D eigenvalue weighted by Gasteiger charge is -2.30. The summed E-state index contributed by atoms with van der Waals surface area (Å²) in [4.78, 5) is 30.7. The predicted octanol–water partition coefficient (Wildman–Crippen LogP) is 3.90. The van der Waals surface area contributed by atoms with E-state index in [0.29, 0.717) is 18.7 Å². The molecule has 3 N–H and O–H groups in total. The Morgan fingerprint density at radius 3 is 2.55 bits per heavy atom. The van der Waals surface area contributed by atoms with Crippen molar-refractivity contribution < 1.29 is 23.5 Å². The summed E-state index contributed by atoms with van der Waals surface area (Å²) in [7, 11) is 0. The van der Waals surface area contributed by atoms with E-state index in [1.165, 1.54) is 12.1 Å². The molecule has 0 spiro atoms. The molecule has 1 fully saturated rings. The van der Waals surface area contributed by atoms with Gasteiger partial charge in [0.1, 0.15) is 11.6 Å². The molecule has 2 heterocycles. The van der Waals surface area contributed by atoms with Gasteiger partial charge in [-0.15, -0.1) is 11.3 Å². The topological polar surface area (TPSA) is 86.9 Å². The number of thiophene rings is 1. The summed E-state index contributed by atoms with van der Waals surface area (Å²) in [6, 6.07) is 14.1. The van der Waals surface area contributed by atoms with Gasteiger partial charge in [-0.2, -0.15) is 0 Å². The number of carbonyl (C=O) groups excluding carboxylic acids is 2. The lowest BCUT2D eigenvalue weighted by atomic mass is 10.00. The second-order valence-electron chi connectivity index (χ2n) is 9.86. The van der Waals surface area contributed by atoms with Crippen LogP contribution in [-0.2, 0) is 35.5 Å². The molecule has 1 aliphatic rings. The molecule has 2 aromatic carbocycles. The lowest BCUT2D eigenvalue weighted by molar-refractivity contribution is -0.138. The predicted molar refractivity (Wildman–Crippen MR) is 143 cm³/mol. The SMILES string of the molecule is CCc1cccc(CN(C[C@@H](O)[C@@H](N)Cc2cc(F)cc(F)c2)C(=O)C2CC(=O)N(Cc3cccs3)C2)c1. The van der Waals surface area contributed by atoms with Gasteiger partial charge in [0.2, 0.25) is 11.8 Å². The highest BCUT2D eigenvalue weighted by Crippen LogP contribution is 2.25. The number of rotatable bonds is 11. The Hall–Kier alpha value is -3.14. The van der Waals surface area contributed by atoms with Gasteiger partial charge in [-0.3, -0.25) is 9.59 Å². The summed E-state index contributed by atoms with van der Waals surface area (Å²) in [5.41, 5.74) is 8.57. The minimum absolute atomic E-state index is 0.0414. The number of hydrogen-bond acceptors (Lipinski definition) is 5. The van der Waals surface area contributed by atoms with Gasteiger partial charge in [-0.05, 0) is 53.1 Å². The third-order valence-corrected chi connectivity index (χ3v) is 7.73. The number of aliphatic hydroxyl groups is 1. The number of likely N-dealkylation sites (tertiary alicyclic amines) is 1. The highest BCUT2D eigenvalue weighted by atomic mass is 32.1. The molecule has 0 aliphatic carbocycles. The number of halogens is 2. The van der Waals surface area contributed by atoms with Crippen LogP contribution in [0.15, 0.2) is 60.0 Å². The van der Waals surface area contributed by atoms with Crippen LogP contribution >= 0.6 is 11.3 Å². The smallest absolute Gasteiger partial charge is 0.228 e. The number of hydrogen-bond donors (Lipinski definition) is 2. The van der Waals surface area contributed by atoms with Gasteiger partial charge in [0.15, 0.2) is 0 Å². The van der Waals surface area contributed by atoms with E-state index in [2.05, 4.69) is 0 Å². The fraction of sp³-hybridized carbons (Fsp3) is 0.379. The normalized spacial score (nSPS) is 17.0. The number of amides is 2. The van der Waals surface area contributed by atoms with Crippen molar-refractivity contribution in [1.82, 2.24) is 9.80 Å². The average molecular weight is 542 g/mol. The molecule has 3 aromatic rings. The van der Waals surface area contributed by atoms with Gasteiger partial charge in [-0.25, -0.2) is 8.78 Å². The zero-order chi connectivity index (χ0) is 27.2. The minimum Gasteiger partial charge on any atom is -0.390 e. The Morgan fingerprint density at radius 2 is 1.87 bits per heavy atom. The Labute approximate surface area is 225 Å². The Balaban J connectivity index is 1.48. The summed E-state index contributed by atoms with van der Waals surface area (Å²) in [6.45, 7) is 3.01. The maximum atomic E-state index is 13.7. The van der Waals surface area contributed by atoms with Crippen molar-refractivity contribution in [2.24, 2.45) is 11.7 Å². The van der Waals surface area contributed by atoms with Gasteiger partial charge in [0.25, 0.3) is 0 Å². The second kappa shape index (κ2) is 12.6. The quantitative estimate of drug-likeness (QED) is 0.386. The van der Waals surface area contributed by atoms with Gasteiger partial charge >= 0.3 is 0 Å². The Morgan fingerprint density at radius 1 is 1.13 bits per heavy atom. The first kappa shape index (κ1) is 27.9. The zero-order valence-electron chi connectivity index (χ0n) is 21.4. The van der Waals surface area contributed by atoms with E-state index in [-0.39, 0.29) is 37.7 Å². The van der Waals surface area contributed by atoms with Crippen LogP contribution in [0.4, 0.5) is 8.78 Å². The average Bonchev–Trinajstić information content (AvgIpc) is 3.52. The van der Waals surface area contributed by atoms with Crippen LogP contribution in [0, 0.1) is 17.6 Å². The summed E-state index contributed by atoms with van der Waals surface area (Å²) >= 11 is 1.56. The van der Waals surface area contributed by atoms with Gasteiger partial charge in [0.05, 0.1) is 18.6 Å². The standard InChI is InChI=1S/C29H33F2N3O3S/c1-2-19-5-3-6-20(9-19)15-34(18-27(35)26(32)12-21-10-23(30)14-24(31)11-21)29(37)22-13-28(36)33(16-22)17-25-7-4-8-38-25/h3-11,14,22,26-27,35H,2,12-13,15-18,32H2,1H3/t22?,26-,27+/m0/s1. The number of benzene rings is 2. The van der Waals surface area contributed by atoms with E-state index in [1.807, 2.05) is 48.7 Å². The Kier molecular flexibility index (Phi) is 9.25. The number of nitrogens with zero attached hydrogens (tertiary/aromatic N) is 2. The van der Waals surface area contributed by atoms with Gasteiger partial charge in [0, 0.05) is 43.0 Å². The minimum atomic E-state index is -1.14. The molecular weight excluding hydrogens is 508 g/mol. The highest BCUT2D eigenvalue weighted by molar-refractivity contribution is 7.09. The molecule has 38 heavy (non-hydrogen) atoms. The highest BCUT2D eigenvalue weighted by Gasteiger charge is 2.37. The van der Waals surface area contributed by atoms with Crippen LogP contribution in [-0.4, -0.2) is 52.0 Å². The first-order valence-corrected chi connectivity index (χ1v) is 13.6. The van der Waals surface area contributed by atoms with Crippen molar-refractivity contribution in [2.45, 2.75) is 51.4 Å². The van der Waals surface area contributed by atoms with Crippen LogP contribution in [0.1, 0.15) is 34.9 Å². The number of aryl methyl sites for hydroxylation is 1. The molecule has 0 bridgehead atoms. The van der Waals surface area contributed by atoms with Crippen molar-refractivity contribution >= 4 is 23.2 Å². The second-order valence-corrected chi connectivity index (χ2v) is 10.9. The third kappa shape index (κ3) is 7.24. The van der Waals surface area contributed by atoms with E-state index in [9.17, 15) is 23.5 Å². The number of aliphatic hydroxyl groups excluding tert-OH is 1. The summed E-state index contributed by atoms with van der Waals surface area (Å²) in [6.07, 6.45) is -0.145. The van der Waals surface area contributed by atoms with Crippen LogP contribution in [0.3, 0.4) is 0 Å². The van der Waals surface area contributed by atoms with Crippen LogP contribution in [0.5, 0.6) is 0 Å². The molecule has 1 unspecified atom stereocenters. The van der Waals surface area contributed by atoms with Crippen molar-refractivity contribution in [3.8, 4) is 0 Å². The molecule has 2 amide bonds. The molecule has 202 valence electrons. The van der Waals surface area contributed by atoms with E-state index < -0.39 is 29.7 Å². The first-order valence-electron chi connectivity index (χ1n) is 12.8. The Bertz CT molecular complexity index is 1230. The number of carbonyl (C=O) groups is 2. The largest absolute Gasteiger partial charge is 0.390 e. The molecule has 0 saturated carbocycles. The molecule has 1 aromatic heterocycles. The summed E-state index contributed by atoms with van der Waals surface area (Å²) in [5, 5.41) is 12.9. The van der Waals surface area contributed by atoms with E-state index in [0.717, 1.165) is 28.5 Å². The fourth-order valence-electron chi connectivity index (χ4n) is 4.84. The fourth-order valence-corrected chi connectivity index (χ4v) is 5.56. The molecule has 3 atom stereocenters. The van der Waals surface area contributed by atoms with Gasteiger partial charge in [-0.1, -0.05) is 37.3 Å². The van der Waals surface area contributed by atoms with Crippen LogP contribution in [0.25, 0.3) is 0 Å². The zero-order valence-corrected chi connectivity index (χ0v) is 22.2. The van der Waals surface area contributed by atoms with Gasteiger partial charge < -0.3 is 20.6 Å². The lowest BCUT2D eigenvalue weighted by Crippen LogP contribution is -2.48. The monoisotopic (exact) mass is 541 g/mol. The van der Waals surface area contributed by atoms with Crippen LogP contribution in [0.2, 0.25) is 0 Å². The molecule has 1 saturated heterocycles. The van der Waals surface area contributed by atoms with Crippen LogP contribution < -0.4 is 5.73 Å². The molecule has 0 radical (unpaired) electrons. The summed E-state index contributed by atoms with van der Waals surface area (Å²) in [5.74, 6) is -2.26. The van der Waals surface area contributed by atoms with Crippen molar-refractivity contribution in [3.05, 3.63) is 93.2 Å². The van der Waals surface area contributed by atoms with Crippen molar-refractivity contribution in [1.29, 1.82) is 0 Å². The first-order chi connectivity index (χ1) is 18.2. The molecule has 4 rings (SSSR count). The van der Waals surface area contributed by atoms with Crippen molar-refractivity contribution in [2.75, 3.05) is 13.1 Å². The molecular formula is C29H33F2N3O3S. The maximum absolute atomic E-state index is 13.7. The molecule has 6 nitrogen and oxygen atoms in total. The van der Waals surface area contributed by atoms with E-state index in [1.54, 1.807) is 21.1 Å². The maximum Gasteiger partial charge on any atom is 0.228 e. The van der Waals surface area contributed by atoms with E-state index >= 15 is 0 Å². The molecule has 1 aliphatic heterocycles. The van der Waals surface area contributed by atoms with Crippen molar-refractivity contribution in [3.63, 3.8) is 0 Å².